The number of nitrogens with two attached hydrogens (primary N) is 1. The number of carboxylic acid groups (broad SMARTS) is 1. The molecule has 11 nitrogen and oxygen atoms in total. The molecule has 7 N–H and O–H groups in total. The number of nitrogens with one attached hydrogen (secondary N) is 4. The number of hydrogen-bond acceptors (Lipinski definition) is 5. The molecule has 0 aromatic rings. The van der Waals surface area contributed by atoms with Gasteiger partial charge in [0.2, 0.25) is 17.7 Å². The van der Waals surface area contributed by atoms with E-state index < -0.39 is 35.9 Å². The van der Waals surface area contributed by atoms with Gasteiger partial charge in [0.05, 0.1) is 6.54 Å². The van der Waals surface area contributed by atoms with E-state index in [-0.39, 0.29) is 31.3 Å². The monoisotopic (exact) mass is 373 g/mol. The maximum absolute atomic E-state index is 12.3. The maximum Gasteiger partial charge on any atom is 0.326 e. The van der Waals surface area contributed by atoms with E-state index in [2.05, 4.69) is 21.3 Å². The summed E-state index contributed by atoms with van der Waals surface area (Å²) in [6.45, 7) is 4.53. The van der Waals surface area contributed by atoms with Crippen molar-refractivity contribution in [1.29, 1.82) is 0 Å². The lowest BCUT2D eigenvalue weighted by Gasteiger charge is -2.24. The van der Waals surface area contributed by atoms with Crippen LogP contribution < -0.4 is 27.0 Å². The van der Waals surface area contributed by atoms with Crippen LogP contribution in [-0.2, 0) is 19.2 Å². The Hall–Kier alpha value is -2.85. The largest absolute Gasteiger partial charge is 0.480 e. The summed E-state index contributed by atoms with van der Waals surface area (Å²) in [5, 5.41) is 18.7. The Morgan fingerprint density at radius 1 is 1.04 bits per heavy atom. The summed E-state index contributed by atoms with van der Waals surface area (Å²) in [7, 11) is 0. The number of carbonyl (C=O) groups excluding carboxylic acids is 4. The van der Waals surface area contributed by atoms with Gasteiger partial charge >= 0.3 is 12.0 Å². The van der Waals surface area contributed by atoms with Crippen molar-refractivity contribution in [3.63, 3.8) is 0 Å². The molecule has 5 amide bonds. The molecule has 148 valence electrons. The van der Waals surface area contributed by atoms with E-state index in [1.54, 1.807) is 13.8 Å². The third-order valence-electron chi connectivity index (χ3n) is 3.35. The van der Waals surface area contributed by atoms with Gasteiger partial charge in [0.1, 0.15) is 12.1 Å². The van der Waals surface area contributed by atoms with Gasteiger partial charge in [0.25, 0.3) is 0 Å². The molecular weight excluding hydrogens is 346 g/mol. The minimum absolute atomic E-state index is 0.0754. The molecule has 0 heterocycles. The summed E-state index contributed by atoms with van der Waals surface area (Å²) in [6.07, 6.45) is 0.368. The highest BCUT2D eigenvalue weighted by molar-refractivity contribution is 5.91. The molecule has 0 saturated carbocycles. The lowest BCUT2D eigenvalue weighted by Crippen LogP contribution is -2.55. The van der Waals surface area contributed by atoms with E-state index in [1.165, 1.54) is 6.92 Å². The summed E-state index contributed by atoms with van der Waals surface area (Å²) in [6, 6.07) is -2.85. The molecule has 0 unspecified atom stereocenters. The Labute approximate surface area is 151 Å². The van der Waals surface area contributed by atoms with E-state index in [0.717, 1.165) is 0 Å². The molecule has 0 aliphatic carbocycles. The molecule has 0 aromatic heterocycles. The first-order valence-electron chi connectivity index (χ1n) is 8.14. The molecule has 0 aromatic carbocycles. The molecule has 0 saturated heterocycles. The fourth-order valence-corrected chi connectivity index (χ4v) is 2.00. The van der Waals surface area contributed by atoms with Crippen LogP contribution in [0.2, 0.25) is 0 Å². The number of aliphatic carboxylic acids is 1. The highest BCUT2D eigenvalue weighted by Gasteiger charge is 2.28. The zero-order valence-electron chi connectivity index (χ0n) is 15.1. The quantitative estimate of drug-likeness (QED) is 0.234. The van der Waals surface area contributed by atoms with Crippen molar-refractivity contribution in [1.82, 2.24) is 21.3 Å². The maximum atomic E-state index is 12.3. The normalized spacial score (nSPS) is 12.6. The van der Waals surface area contributed by atoms with Crippen LogP contribution in [0.1, 0.15) is 33.6 Å². The number of amides is 5. The Morgan fingerprint density at radius 2 is 1.65 bits per heavy atom. The summed E-state index contributed by atoms with van der Waals surface area (Å²) in [5.74, 6) is -3.13. The highest BCUT2D eigenvalue weighted by atomic mass is 16.4. The van der Waals surface area contributed by atoms with Crippen molar-refractivity contribution in [2.45, 2.75) is 45.7 Å². The Balaban J connectivity index is 4.71. The van der Waals surface area contributed by atoms with Gasteiger partial charge in [-0.25, -0.2) is 9.59 Å². The number of urea groups is 1. The standard InChI is InChI=1S/C15H27N5O6/c1-8(2)12(20-11(22)7-18-9(3)21)13(23)19-10(14(24)25)5-4-6-17-15(16)26/h8,10,12H,4-7H2,1-3H3,(H,18,21)(H,19,23)(H,20,22)(H,24,25)(H3,16,17,26)/t10-,12-/m0/s1. The van der Waals surface area contributed by atoms with Gasteiger partial charge in [-0.1, -0.05) is 13.8 Å². The number of primary amides is 1. The van der Waals surface area contributed by atoms with Crippen LogP contribution in [0.25, 0.3) is 0 Å². The molecule has 2 atom stereocenters. The predicted molar refractivity (Wildman–Crippen MR) is 91.8 cm³/mol. The van der Waals surface area contributed by atoms with E-state index in [4.69, 9.17) is 5.73 Å². The Bertz CT molecular complexity index is 537. The first-order chi connectivity index (χ1) is 12.0. The average Bonchev–Trinajstić information content (AvgIpc) is 2.52. The number of hydrogen-bond donors (Lipinski definition) is 6. The van der Waals surface area contributed by atoms with E-state index in [9.17, 15) is 29.1 Å². The first kappa shape index (κ1) is 23.1. The summed E-state index contributed by atoms with van der Waals surface area (Å²) in [5.41, 5.74) is 4.91. The van der Waals surface area contributed by atoms with Gasteiger partial charge in [-0.05, 0) is 18.8 Å². The second kappa shape index (κ2) is 11.7. The lowest BCUT2D eigenvalue weighted by molar-refractivity contribution is -0.142. The van der Waals surface area contributed by atoms with Crippen molar-refractivity contribution in [2.75, 3.05) is 13.1 Å². The van der Waals surface area contributed by atoms with E-state index in [0.29, 0.717) is 6.42 Å². The average molecular weight is 373 g/mol. The van der Waals surface area contributed by atoms with Crippen LogP contribution in [-0.4, -0.2) is 60.0 Å². The van der Waals surface area contributed by atoms with Crippen LogP contribution in [0.4, 0.5) is 4.79 Å². The molecule has 0 rings (SSSR count). The van der Waals surface area contributed by atoms with Crippen molar-refractivity contribution >= 4 is 29.7 Å². The van der Waals surface area contributed by atoms with Crippen LogP contribution in [0.3, 0.4) is 0 Å². The molecule has 11 heteroatoms. The zero-order valence-corrected chi connectivity index (χ0v) is 15.1. The number of rotatable bonds is 11. The van der Waals surface area contributed by atoms with Crippen molar-refractivity contribution in [3.8, 4) is 0 Å². The highest BCUT2D eigenvalue weighted by Crippen LogP contribution is 2.04. The fourth-order valence-electron chi connectivity index (χ4n) is 2.00. The van der Waals surface area contributed by atoms with Gasteiger partial charge in [-0.15, -0.1) is 0 Å². The van der Waals surface area contributed by atoms with Crippen molar-refractivity contribution < 1.29 is 29.1 Å². The molecule has 0 fully saturated rings. The summed E-state index contributed by atoms with van der Waals surface area (Å²) >= 11 is 0. The minimum Gasteiger partial charge on any atom is -0.480 e. The van der Waals surface area contributed by atoms with E-state index in [1.807, 2.05) is 0 Å². The predicted octanol–water partition coefficient (Wildman–Crippen LogP) is -1.72. The van der Waals surface area contributed by atoms with Crippen LogP contribution >= 0.6 is 0 Å². The van der Waals surface area contributed by atoms with Gasteiger partial charge in [-0.2, -0.15) is 0 Å². The first-order valence-corrected chi connectivity index (χ1v) is 8.14. The molecule has 0 spiro atoms. The zero-order chi connectivity index (χ0) is 20.3. The van der Waals surface area contributed by atoms with Gasteiger partial charge in [0.15, 0.2) is 0 Å². The molecular formula is C15H27N5O6. The molecule has 26 heavy (non-hydrogen) atoms. The summed E-state index contributed by atoms with van der Waals surface area (Å²) in [4.78, 5) is 56.8. The van der Waals surface area contributed by atoms with E-state index >= 15 is 0 Å². The van der Waals surface area contributed by atoms with Gasteiger partial charge in [-0.3, -0.25) is 14.4 Å². The van der Waals surface area contributed by atoms with Crippen LogP contribution in [0.15, 0.2) is 0 Å². The van der Waals surface area contributed by atoms with Gasteiger partial charge < -0.3 is 32.1 Å². The van der Waals surface area contributed by atoms with Crippen molar-refractivity contribution in [2.24, 2.45) is 11.7 Å². The molecule has 0 aliphatic rings. The third kappa shape index (κ3) is 10.1. The third-order valence-corrected chi connectivity index (χ3v) is 3.35. The Kier molecular flexibility index (Phi) is 10.4. The second-order valence-corrected chi connectivity index (χ2v) is 6.03. The Morgan fingerprint density at radius 3 is 2.12 bits per heavy atom. The SMILES string of the molecule is CC(=O)NCC(=O)N[C@H](C(=O)N[C@@H](CCCNC(N)=O)C(=O)O)C(C)C. The second-order valence-electron chi connectivity index (χ2n) is 6.03. The van der Waals surface area contributed by atoms with Crippen LogP contribution in [0.5, 0.6) is 0 Å². The summed E-state index contributed by atoms with van der Waals surface area (Å²) < 4.78 is 0. The van der Waals surface area contributed by atoms with Gasteiger partial charge in [0, 0.05) is 13.5 Å². The van der Waals surface area contributed by atoms with Crippen LogP contribution in [0, 0.1) is 5.92 Å². The molecule has 0 radical (unpaired) electrons. The topological polar surface area (TPSA) is 180 Å². The number of carboxylic acids is 1. The van der Waals surface area contributed by atoms with Crippen molar-refractivity contribution in [3.05, 3.63) is 0 Å². The minimum atomic E-state index is -1.23. The fraction of sp³-hybridized carbons (Fsp3) is 0.667. The molecule has 0 bridgehead atoms. The number of carbonyl (C=O) groups is 5. The molecule has 0 aliphatic heterocycles. The smallest absolute Gasteiger partial charge is 0.326 e. The lowest BCUT2D eigenvalue weighted by atomic mass is 10.0.